The van der Waals surface area contributed by atoms with Gasteiger partial charge in [-0.05, 0) is 43.2 Å². The number of imidazole rings is 1. The predicted octanol–water partition coefficient (Wildman–Crippen LogP) is 2.30. The number of para-hydroxylation sites is 1. The molecule has 31 heavy (non-hydrogen) atoms. The summed E-state index contributed by atoms with van der Waals surface area (Å²) in [7, 11) is 0. The Morgan fingerprint density at radius 3 is 2.45 bits per heavy atom. The van der Waals surface area contributed by atoms with Crippen molar-refractivity contribution in [2.45, 2.75) is 44.2 Å². The van der Waals surface area contributed by atoms with Crippen LogP contribution in [0.2, 0.25) is 0 Å². The van der Waals surface area contributed by atoms with Gasteiger partial charge in [-0.2, -0.15) is 0 Å². The van der Waals surface area contributed by atoms with Gasteiger partial charge in [-0.25, -0.2) is 13.8 Å². The number of nitrogens with two attached hydrogens (primary N) is 1. The van der Waals surface area contributed by atoms with Gasteiger partial charge in [0.05, 0.1) is 11.6 Å². The van der Waals surface area contributed by atoms with Crippen LogP contribution < -0.4 is 11.1 Å². The van der Waals surface area contributed by atoms with E-state index in [-0.39, 0.29) is 23.6 Å². The molecule has 9 heteroatoms. The van der Waals surface area contributed by atoms with Gasteiger partial charge in [0.1, 0.15) is 17.2 Å². The Balaban J connectivity index is 1.87. The van der Waals surface area contributed by atoms with E-state index < -0.39 is 35.2 Å². The lowest BCUT2D eigenvalue weighted by Crippen LogP contribution is -2.66. The van der Waals surface area contributed by atoms with Gasteiger partial charge < -0.3 is 21.1 Å². The monoisotopic (exact) mass is 430 g/mol. The van der Waals surface area contributed by atoms with Crippen molar-refractivity contribution in [3.8, 4) is 0 Å². The minimum absolute atomic E-state index is 0.0190. The lowest BCUT2D eigenvalue weighted by Gasteiger charge is -2.38. The Hall–Kier alpha value is -3.33. The average molecular weight is 430 g/mol. The number of aliphatic hydroxyl groups excluding tert-OH is 1. The van der Waals surface area contributed by atoms with Crippen molar-refractivity contribution in [1.82, 2.24) is 15.3 Å². The summed E-state index contributed by atoms with van der Waals surface area (Å²) in [5, 5.41) is 13.1. The molecule has 0 spiro atoms. The summed E-state index contributed by atoms with van der Waals surface area (Å²) >= 11 is 0. The van der Waals surface area contributed by atoms with Crippen molar-refractivity contribution in [2.75, 3.05) is 0 Å². The van der Waals surface area contributed by atoms with Gasteiger partial charge in [0, 0.05) is 12.3 Å². The molecule has 0 saturated carbocycles. The van der Waals surface area contributed by atoms with E-state index in [4.69, 9.17) is 5.73 Å². The standard InChI is InChI=1S/C22H24F2N4O3/c1-12(20-26-17-5-3-4-16(24)19(17)27-20)22(13(2)29,21(25)31)28-18(30)11-8-14-6-9-15(23)10-7-14/h3-7,9-10,12-13,29H,8,11H2,1-2H3,(H2,25,31)(H,26,27)(H,28,30)/t12-,13?,22?/m1/s1. The fourth-order valence-corrected chi connectivity index (χ4v) is 3.69. The number of primary amides is 1. The van der Waals surface area contributed by atoms with Crippen molar-refractivity contribution in [3.63, 3.8) is 0 Å². The number of carbonyl (C=O) groups is 2. The first kappa shape index (κ1) is 22.4. The van der Waals surface area contributed by atoms with E-state index in [1.165, 1.54) is 31.2 Å². The summed E-state index contributed by atoms with van der Waals surface area (Å²) in [5.74, 6) is -3.11. The summed E-state index contributed by atoms with van der Waals surface area (Å²) in [4.78, 5) is 32.3. The van der Waals surface area contributed by atoms with Crippen LogP contribution in [0.3, 0.4) is 0 Å². The number of H-pyrrole nitrogens is 1. The van der Waals surface area contributed by atoms with Crippen LogP contribution in [0, 0.1) is 11.6 Å². The maximum absolute atomic E-state index is 14.1. The number of nitrogens with zero attached hydrogens (tertiary/aromatic N) is 1. The van der Waals surface area contributed by atoms with Gasteiger partial charge in [0.15, 0.2) is 11.4 Å². The second-order valence-corrected chi connectivity index (χ2v) is 7.56. The van der Waals surface area contributed by atoms with Gasteiger partial charge in [0.2, 0.25) is 11.8 Å². The number of amides is 2. The predicted molar refractivity (Wildman–Crippen MR) is 111 cm³/mol. The molecule has 3 aromatic rings. The molecule has 164 valence electrons. The van der Waals surface area contributed by atoms with Gasteiger partial charge >= 0.3 is 0 Å². The number of fused-ring (bicyclic) bond motifs is 1. The number of nitrogens with one attached hydrogen (secondary N) is 2. The van der Waals surface area contributed by atoms with Crippen molar-refractivity contribution in [3.05, 3.63) is 65.5 Å². The molecule has 5 N–H and O–H groups in total. The van der Waals surface area contributed by atoms with Gasteiger partial charge in [-0.15, -0.1) is 0 Å². The molecule has 0 aliphatic heterocycles. The third-order valence-electron chi connectivity index (χ3n) is 5.54. The Morgan fingerprint density at radius 2 is 1.87 bits per heavy atom. The minimum atomic E-state index is -1.88. The first-order chi connectivity index (χ1) is 14.6. The topological polar surface area (TPSA) is 121 Å². The van der Waals surface area contributed by atoms with Crippen LogP contribution in [-0.4, -0.2) is 38.5 Å². The molecule has 0 aliphatic carbocycles. The molecule has 3 atom stereocenters. The number of aromatic amines is 1. The van der Waals surface area contributed by atoms with Crippen LogP contribution in [0.5, 0.6) is 0 Å². The van der Waals surface area contributed by atoms with Crippen LogP contribution in [0.15, 0.2) is 42.5 Å². The Kier molecular flexibility index (Phi) is 6.35. The maximum Gasteiger partial charge on any atom is 0.246 e. The van der Waals surface area contributed by atoms with Crippen molar-refractivity contribution in [1.29, 1.82) is 0 Å². The summed E-state index contributed by atoms with van der Waals surface area (Å²) in [6, 6.07) is 10.1. The zero-order valence-electron chi connectivity index (χ0n) is 17.2. The highest BCUT2D eigenvalue weighted by atomic mass is 19.1. The fourth-order valence-electron chi connectivity index (χ4n) is 3.69. The Bertz CT molecular complexity index is 1100. The number of aromatic nitrogens is 2. The maximum atomic E-state index is 14.1. The van der Waals surface area contributed by atoms with E-state index in [9.17, 15) is 23.5 Å². The average Bonchev–Trinajstić information content (AvgIpc) is 3.16. The third-order valence-corrected chi connectivity index (χ3v) is 5.54. The van der Waals surface area contributed by atoms with Crippen LogP contribution in [0.4, 0.5) is 8.78 Å². The first-order valence-electron chi connectivity index (χ1n) is 9.82. The molecular weight excluding hydrogens is 406 g/mol. The summed E-state index contributed by atoms with van der Waals surface area (Å²) in [5.41, 5.74) is 4.98. The van der Waals surface area contributed by atoms with Crippen LogP contribution in [0.25, 0.3) is 11.0 Å². The number of carbonyl (C=O) groups excluding carboxylic acids is 2. The highest BCUT2D eigenvalue weighted by molar-refractivity contribution is 5.92. The SMILES string of the molecule is CC(O)C(NC(=O)CCc1ccc(F)cc1)(C(N)=O)[C@H](C)c1nc2c(F)cccc2[nH]1. The van der Waals surface area contributed by atoms with E-state index in [2.05, 4.69) is 15.3 Å². The summed E-state index contributed by atoms with van der Waals surface area (Å²) in [6.45, 7) is 2.90. The lowest BCUT2D eigenvalue weighted by molar-refractivity contribution is -0.137. The third kappa shape index (κ3) is 4.41. The largest absolute Gasteiger partial charge is 0.390 e. The number of aryl methyl sites for hydroxylation is 1. The van der Waals surface area contributed by atoms with E-state index in [0.29, 0.717) is 11.9 Å². The van der Waals surface area contributed by atoms with E-state index in [1.807, 2.05) is 0 Å². The fraction of sp³-hybridized carbons (Fsp3) is 0.318. The number of hydrogen-bond acceptors (Lipinski definition) is 4. The van der Waals surface area contributed by atoms with E-state index >= 15 is 0 Å². The van der Waals surface area contributed by atoms with Crippen molar-refractivity contribution >= 4 is 22.8 Å². The normalized spacial score (nSPS) is 15.3. The molecule has 3 rings (SSSR count). The van der Waals surface area contributed by atoms with Gasteiger partial charge in [-0.3, -0.25) is 9.59 Å². The molecule has 2 unspecified atom stereocenters. The second-order valence-electron chi connectivity index (χ2n) is 7.56. The van der Waals surface area contributed by atoms with Crippen LogP contribution in [-0.2, 0) is 16.0 Å². The van der Waals surface area contributed by atoms with Gasteiger partial charge in [0.25, 0.3) is 0 Å². The summed E-state index contributed by atoms with van der Waals surface area (Å²) < 4.78 is 27.1. The smallest absolute Gasteiger partial charge is 0.246 e. The highest BCUT2D eigenvalue weighted by Gasteiger charge is 2.49. The first-order valence-corrected chi connectivity index (χ1v) is 9.82. The molecule has 0 aliphatic rings. The minimum Gasteiger partial charge on any atom is -0.390 e. The second kappa shape index (κ2) is 8.81. The van der Waals surface area contributed by atoms with E-state index in [0.717, 1.165) is 5.56 Å². The Labute approximate surface area is 177 Å². The van der Waals surface area contributed by atoms with Gasteiger partial charge in [-0.1, -0.05) is 25.1 Å². The van der Waals surface area contributed by atoms with Crippen molar-refractivity contribution in [2.24, 2.45) is 5.73 Å². The molecule has 2 aromatic carbocycles. The highest BCUT2D eigenvalue weighted by Crippen LogP contribution is 2.31. The quantitative estimate of drug-likeness (QED) is 0.438. The molecule has 0 bridgehead atoms. The molecule has 7 nitrogen and oxygen atoms in total. The lowest BCUT2D eigenvalue weighted by atomic mass is 9.79. The Morgan fingerprint density at radius 1 is 1.19 bits per heavy atom. The molecule has 2 amide bonds. The zero-order chi connectivity index (χ0) is 22.8. The molecule has 0 fully saturated rings. The number of rotatable bonds is 8. The summed E-state index contributed by atoms with van der Waals surface area (Å²) in [6.07, 6.45) is -1.09. The van der Waals surface area contributed by atoms with E-state index in [1.54, 1.807) is 25.1 Å². The van der Waals surface area contributed by atoms with Crippen LogP contribution in [0.1, 0.15) is 37.6 Å². The molecule has 0 saturated heterocycles. The number of aliphatic hydroxyl groups is 1. The van der Waals surface area contributed by atoms with Crippen molar-refractivity contribution < 1.29 is 23.5 Å². The number of hydrogen-bond donors (Lipinski definition) is 4. The molecular formula is C22H24F2N4O3. The molecule has 0 radical (unpaired) electrons. The molecule has 1 aromatic heterocycles. The number of halogens is 2. The number of benzene rings is 2. The van der Waals surface area contributed by atoms with Crippen LogP contribution >= 0.6 is 0 Å². The molecule has 1 heterocycles. The zero-order valence-corrected chi connectivity index (χ0v) is 17.2.